The van der Waals surface area contributed by atoms with Gasteiger partial charge in [0.15, 0.2) is 18.6 Å². The molecule has 0 amide bonds. The molecule has 37 heavy (non-hydrogen) atoms. The molecule has 0 bridgehead atoms. The van der Waals surface area contributed by atoms with Crippen molar-refractivity contribution in [1.29, 1.82) is 0 Å². The zero-order valence-corrected chi connectivity index (χ0v) is 24.9. The fraction of sp³-hybridized carbons (Fsp3) is 0.226. The van der Waals surface area contributed by atoms with Crippen LogP contribution >= 0.6 is 29.7 Å². The van der Waals surface area contributed by atoms with Crippen LogP contribution in [0.3, 0.4) is 0 Å². The second-order valence-electron chi connectivity index (χ2n) is 10.2. The van der Waals surface area contributed by atoms with E-state index in [1.165, 1.54) is 0 Å². The number of hydrogen-bond donors (Lipinski definition) is 0. The van der Waals surface area contributed by atoms with E-state index in [4.69, 9.17) is 14.2 Å². The molecule has 4 nitrogen and oxygen atoms in total. The Morgan fingerprint density at radius 3 is 1.73 bits per heavy atom. The molecule has 0 radical (unpaired) electrons. The highest BCUT2D eigenvalue weighted by molar-refractivity contribution is 14.1. The Balaban J connectivity index is 1.84. The smallest absolute Gasteiger partial charge is 0.246 e. The standard InChI is InChI=1S/C31H30IO4P/c1-19-12-20(2)15-24(14-19)37(33,25-16-21(3)13-22(4)17-25)27-18-26(34-23-10-8-7-9-11-23)29-30(28(27)32)36-31(5,6)35-29/h7-18H,1-6H3. The molecule has 5 rings (SSSR count). The van der Waals surface area contributed by atoms with E-state index in [1.807, 2.05) is 102 Å². The van der Waals surface area contributed by atoms with Crippen molar-refractivity contribution >= 4 is 45.6 Å². The molecule has 4 aromatic carbocycles. The van der Waals surface area contributed by atoms with E-state index in [0.29, 0.717) is 28.3 Å². The molecule has 4 aromatic rings. The van der Waals surface area contributed by atoms with E-state index in [0.717, 1.165) is 36.4 Å². The van der Waals surface area contributed by atoms with Crippen LogP contribution < -0.4 is 30.1 Å². The highest BCUT2D eigenvalue weighted by Crippen LogP contribution is 2.54. The largest absolute Gasteiger partial charge is 0.453 e. The zero-order chi connectivity index (χ0) is 26.5. The Bertz CT molecular complexity index is 1460. The predicted octanol–water partition coefficient (Wildman–Crippen LogP) is 7.46. The van der Waals surface area contributed by atoms with Crippen molar-refractivity contribution in [2.75, 3.05) is 0 Å². The summed E-state index contributed by atoms with van der Waals surface area (Å²) in [6.45, 7) is 11.9. The fourth-order valence-electron chi connectivity index (χ4n) is 4.89. The molecule has 1 aliphatic rings. The molecule has 0 N–H and O–H groups in total. The Morgan fingerprint density at radius 1 is 0.730 bits per heavy atom. The summed E-state index contributed by atoms with van der Waals surface area (Å²) >= 11 is 2.25. The Labute approximate surface area is 232 Å². The van der Waals surface area contributed by atoms with Crippen LogP contribution in [0.4, 0.5) is 0 Å². The van der Waals surface area contributed by atoms with E-state index in [9.17, 15) is 0 Å². The normalized spacial score (nSPS) is 14.0. The molecule has 0 unspecified atom stereocenters. The van der Waals surface area contributed by atoms with Crippen LogP contribution in [-0.2, 0) is 4.57 Å². The minimum Gasteiger partial charge on any atom is -0.453 e. The summed E-state index contributed by atoms with van der Waals surface area (Å²) in [5.41, 5.74) is 4.27. The summed E-state index contributed by atoms with van der Waals surface area (Å²) in [4.78, 5) is 0. The second kappa shape index (κ2) is 9.52. The van der Waals surface area contributed by atoms with Gasteiger partial charge in [0.2, 0.25) is 11.5 Å². The van der Waals surface area contributed by atoms with Gasteiger partial charge < -0.3 is 18.8 Å². The van der Waals surface area contributed by atoms with E-state index < -0.39 is 12.9 Å². The first-order valence-electron chi connectivity index (χ1n) is 12.2. The lowest BCUT2D eigenvalue weighted by atomic mass is 10.2. The Kier molecular flexibility index (Phi) is 6.66. The van der Waals surface area contributed by atoms with Crippen molar-refractivity contribution < 1.29 is 18.8 Å². The van der Waals surface area contributed by atoms with E-state index in [-0.39, 0.29) is 0 Å². The molecule has 0 spiro atoms. The van der Waals surface area contributed by atoms with Crippen LogP contribution in [0.1, 0.15) is 36.1 Å². The predicted molar refractivity (Wildman–Crippen MR) is 159 cm³/mol. The lowest BCUT2D eigenvalue weighted by Gasteiger charge is -2.24. The van der Waals surface area contributed by atoms with Crippen molar-refractivity contribution in [1.82, 2.24) is 0 Å². The third-order valence-electron chi connectivity index (χ3n) is 6.27. The minimum atomic E-state index is -3.35. The molecule has 1 heterocycles. The first kappa shape index (κ1) is 25.9. The molecule has 0 saturated carbocycles. The third-order valence-corrected chi connectivity index (χ3v) is 10.8. The maximum absolute atomic E-state index is 15.7. The van der Waals surface area contributed by atoms with Gasteiger partial charge in [0.1, 0.15) is 5.75 Å². The summed E-state index contributed by atoms with van der Waals surface area (Å²) in [6.07, 6.45) is 0. The number of benzene rings is 4. The number of halogens is 1. The van der Waals surface area contributed by atoms with Gasteiger partial charge in [-0.2, -0.15) is 0 Å². The van der Waals surface area contributed by atoms with Gasteiger partial charge in [0.25, 0.3) is 0 Å². The van der Waals surface area contributed by atoms with Crippen LogP contribution in [0.25, 0.3) is 0 Å². The van der Waals surface area contributed by atoms with Gasteiger partial charge in [0.05, 0.1) is 3.57 Å². The second-order valence-corrected chi connectivity index (χ2v) is 14.0. The first-order chi connectivity index (χ1) is 17.5. The average Bonchev–Trinajstić information content (AvgIpc) is 3.16. The molecule has 6 heteroatoms. The zero-order valence-electron chi connectivity index (χ0n) is 21.9. The van der Waals surface area contributed by atoms with Gasteiger partial charge >= 0.3 is 0 Å². The summed E-state index contributed by atoms with van der Waals surface area (Å²) < 4.78 is 35.2. The SMILES string of the molecule is Cc1cc(C)cc(P(=O)(c2cc(C)cc(C)c2)c2cc(Oc3ccccc3)c3c(c2I)OC(C)(C)O3)c1. The summed E-state index contributed by atoms with van der Waals surface area (Å²) in [5.74, 6) is 1.35. The molecular weight excluding hydrogens is 594 g/mol. The molecule has 0 fully saturated rings. The minimum absolute atomic E-state index is 0.483. The van der Waals surface area contributed by atoms with Crippen molar-refractivity contribution in [2.45, 2.75) is 47.3 Å². The van der Waals surface area contributed by atoms with Gasteiger partial charge in [-0.15, -0.1) is 0 Å². The van der Waals surface area contributed by atoms with Crippen molar-refractivity contribution in [3.05, 3.63) is 98.6 Å². The summed E-state index contributed by atoms with van der Waals surface area (Å²) in [5, 5.41) is 2.25. The lowest BCUT2D eigenvalue weighted by Crippen LogP contribution is -2.30. The number of hydrogen-bond acceptors (Lipinski definition) is 4. The molecule has 1 aliphatic heterocycles. The number of aryl methyl sites for hydroxylation is 4. The van der Waals surface area contributed by atoms with Crippen LogP contribution in [0.5, 0.6) is 23.0 Å². The van der Waals surface area contributed by atoms with Gasteiger partial charge in [-0.3, -0.25) is 0 Å². The topological polar surface area (TPSA) is 44.8 Å². The lowest BCUT2D eigenvalue weighted by molar-refractivity contribution is -0.0441. The monoisotopic (exact) mass is 624 g/mol. The maximum Gasteiger partial charge on any atom is 0.246 e. The molecule has 0 saturated heterocycles. The van der Waals surface area contributed by atoms with E-state index in [1.54, 1.807) is 0 Å². The Morgan fingerprint density at radius 2 is 1.22 bits per heavy atom. The van der Waals surface area contributed by atoms with Gasteiger partial charge in [-0.1, -0.05) is 52.6 Å². The van der Waals surface area contributed by atoms with Crippen molar-refractivity contribution in [3.8, 4) is 23.0 Å². The molecule has 0 atom stereocenters. The first-order valence-corrected chi connectivity index (χ1v) is 15.0. The number of rotatable bonds is 5. The van der Waals surface area contributed by atoms with Crippen LogP contribution in [0, 0.1) is 31.3 Å². The van der Waals surface area contributed by atoms with Crippen LogP contribution in [-0.4, -0.2) is 5.79 Å². The molecule has 190 valence electrons. The molecular formula is C31H30IO4P. The van der Waals surface area contributed by atoms with E-state index in [2.05, 4.69) is 34.7 Å². The summed E-state index contributed by atoms with van der Waals surface area (Å²) in [7, 11) is -3.35. The average molecular weight is 624 g/mol. The third kappa shape index (κ3) is 4.92. The van der Waals surface area contributed by atoms with Crippen LogP contribution in [0.2, 0.25) is 0 Å². The molecule has 0 aromatic heterocycles. The van der Waals surface area contributed by atoms with Crippen LogP contribution in [0.15, 0.2) is 72.8 Å². The Hall–Kier alpha value is -2.76. The van der Waals surface area contributed by atoms with Crippen molar-refractivity contribution in [3.63, 3.8) is 0 Å². The van der Waals surface area contributed by atoms with Crippen molar-refractivity contribution in [2.24, 2.45) is 0 Å². The number of fused-ring (bicyclic) bond motifs is 1. The van der Waals surface area contributed by atoms with Gasteiger partial charge in [0, 0.05) is 29.8 Å². The fourth-order valence-corrected chi connectivity index (χ4v) is 9.50. The number of ether oxygens (including phenoxy) is 3. The number of para-hydroxylation sites is 1. The van der Waals surface area contributed by atoms with E-state index >= 15 is 4.57 Å². The highest BCUT2D eigenvalue weighted by atomic mass is 127. The summed E-state index contributed by atoms with van der Waals surface area (Å²) in [6, 6.07) is 23.8. The van der Waals surface area contributed by atoms with Gasteiger partial charge in [-0.05, 0) is 92.8 Å². The highest BCUT2D eigenvalue weighted by Gasteiger charge is 2.42. The maximum atomic E-state index is 15.7. The quantitative estimate of drug-likeness (QED) is 0.171. The molecule has 0 aliphatic carbocycles. The van der Waals surface area contributed by atoms with Gasteiger partial charge in [-0.25, -0.2) is 0 Å².